The van der Waals surface area contributed by atoms with Gasteiger partial charge in [0.2, 0.25) is 0 Å². The minimum absolute atomic E-state index is 0.139. The van der Waals surface area contributed by atoms with Crippen molar-refractivity contribution in [3.63, 3.8) is 0 Å². The van der Waals surface area contributed by atoms with E-state index in [4.69, 9.17) is 0 Å². The molecule has 1 aromatic carbocycles. The molecule has 0 spiro atoms. The summed E-state index contributed by atoms with van der Waals surface area (Å²) in [6.45, 7) is 0. The molecule has 0 aliphatic heterocycles. The lowest BCUT2D eigenvalue weighted by Gasteiger charge is -2.07. The maximum Gasteiger partial charge on any atom is 0.416 e. The lowest BCUT2D eigenvalue weighted by molar-refractivity contribution is -0.137. The number of alkyl halides is 3. The molecular formula is C11H6F4N2O. The Morgan fingerprint density at radius 2 is 1.72 bits per heavy atom. The van der Waals surface area contributed by atoms with E-state index in [9.17, 15) is 22.4 Å². The number of rotatable bonds is 1. The molecule has 7 heteroatoms. The molecule has 3 nitrogen and oxygen atoms in total. The Morgan fingerprint density at radius 3 is 2.28 bits per heavy atom. The zero-order valence-electron chi connectivity index (χ0n) is 8.75. The van der Waals surface area contributed by atoms with Crippen molar-refractivity contribution in [1.29, 1.82) is 0 Å². The van der Waals surface area contributed by atoms with Crippen LogP contribution < -0.4 is 5.69 Å². The van der Waals surface area contributed by atoms with Crippen LogP contribution in [0.2, 0.25) is 0 Å². The van der Waals surface area contributed by atoms with Gasteiger partial charge in [-0.05, 0) is 12.1 Å². The molecule has 2 aromatic rings. The summed E-state index contributed by atoms with van der Waals surface area (Å²) >= 11 is 0. The van der Waals surface area contributed by atoms with Gasteiger partial charge in [0.1, 0.15) is 0 Å². The van der Waals surface area contributed by atoms with Crippen LogP contribution in [-0.2, 0) is 6.18 Å². The summed E-state index contributed by atoms with van der Waals surface area (Å²) in [4.78, 5) is 16.2. The Hall–Kier alpha value is -2.18. The van der Waals surface area contributed by atoms with Crippen molar-refractivity contribution in [3.05, 3.63) is 52.3 Å². The fourth-order valence-electron chi connectivity index (χ4n) is 1.41. The van der Waals surface area contributed by atoms with Crippen LogP contribution in [0.5, 0.6) is 0 Å². The van der Waals surface area contributed by atoms with E-state index in [0.29, 0.717) is 6.20 Å². The predicted molar refractivity (Wildman–Crippen MR) is 55.3 cm³/mol. The molecular weight excluding hydrogens is 252 g/mol. The highest BCUT2D eigenvalue weighted by Gasteiger charge is 2.30. The quantitative estimate of drug-likeness (QED) is 0.799. The van der Waals surface area contributed by atoms with E-state index in [2.05, 4.69) is 9.97 Å². The van der Waals surface area contributed by atoms with Gasteiger partial charge >= 0.3 is 11.9 Å². The van der Waals surface area contributed by atoms with E-state index >= 15 is 0 Å². The second-order valence-electron chi connectivity index (χ2n) is 3.49. The SMILES string of the molecule is O=c1ncc(F)c(-c2ccc(C(F)(F)F)cc2)[nH]1. The average Bonchev–Trinajstić information content (AvgIpc) is 2.31. The third-order valence-electron chi connectivity index (χ3n) is 2.27. The molecule has 0 saturated heterocycles. The number of benzene rings is 1. The van der Waals surface area contributed by atoms with Crippen molar-refractivity contribution in [3.8, 4) is 11.3 Å². The first kappa shape index (κ1) is 12.3. The number of H-pyrrole nitrogens is 1. The van der Waals surface area contributed by atoms with Gasteiger partial charge in [0.05, 0.1) is 17.5 Å². The maximum atomic E-state index is 13.3. The summed E-state index contributed by atoms with van der Waals surface area (Å²) in [5.41, 5.74) is -1.67. The van der Waals surface area contributed by atoms with Crippen LogP contribution in [0.3, 0.4) is 0 Å². The molecule has 0 fully saturated rings. The van der Waals surface area contributed by atoms with E-state index < -0.39 is 23.2 Å². The molecule has 1 heterocycles. The number of hydrogen-bond donors (Lipinski definition) is 1. The van der Waals surface area contributed by atoms with E-state index in [-0.39, 0.29) is 11.3 Å². The molecule has 0 bridgehead atoms. The van der Waals surface area contributed by atoms with Gasteiger partial charge < -0.3 is 4.98 Å². The lowest BCUT2D eigenvalue weighted by atomic mass is 10.1. The average molecular weight is 258 g/mol. The summed E-state index contributed by atoms with van der Waals surface area (Å²) < 4.78 is 50.3. The van der Waals surface area contributed by atoms with E-state index in [1.807, 2.05) is 0 Å². The van der Waals surface area contributed by atoms with Crippen molar-refractivity contribution in [1.82, 2.24) is 9.97 Å². The smallest absolute Gasteiger partial charge is 0.303 e. The largest absolute Gasteiger partial charge is 0.416 e. The molecule has 2 rings (SSSR count). The number of nitrogens with one attached hydrogen (secondary N) is 1. The van der Waals surface area contributed by atoms with Crippen LogP contribution in [0.4, 0.5) is 17.6 Å². The molecule has 0 amide bonds. The molecule has 0 unspecified atom stereocenters. The Labute approximate surface area is 98.1 Å². The summed E-state index contributed by atoms with van der Waals surface area (Å²) in [6, 6.07) is 3.79. The maximum absolute atomic E-state index is 13.3. The first-order chi connectivity index (χ1) is 8.38. The Kier molecular flexibility index (Phi) is 2.90. The summed E-state index contributed by atoms with van der Waals surface area (Å²) in [5, 5.41) is 0. The van der Waals surface area contributed by atoms with Crippen LogP contribution >= 0.6 is 0 Å². The summed E-state index contributed by atoms with van der Waals surface area (Å²) in [6.07, 6.45) is -3.74. The standard InChI is InChI=1S/C11H6F4N2O/c12-8-5-16-10(18)17-9(8)6-1-3-7(4-2-6)11(13,14)15/h1-5H,(H,16,17,18). The molecule has 94 valence electrons. The highest BCUT2D eigenvalue weighted by atomic mass is 19.4. The minimum atomic E-state index is -4.46. The van der Waals surface area contributed by atoms with Crippen LogP contribution in [-0.4, -0.2) is 9.97 Å². The van der Waals surface area contributed by atoms with Gasteiger partial charge in [-0.2, -0.15) is 18.2 Å². The normalized spacial score (nSPS) is 11.6. The van der Waals surface area contributed by atoms with Gasteiger partial charge in [0, 0.05) is 5.56 Å². The van der Waals surface area contributed by atoms with Crippen LogP contribution in [0.1, 0.15) is 5.56 Å². The summed E-state index contributed by atoms with van der Waals surface area (Å²) in [5.74, 6) is -0.811. The first-order valence-corrected chi connectivity index (χ1v) is 4.80. The monoisotopic (exact) mass is 258 g/mol. The third kappa shape index (κ3) is 2.39. The van der Waals surface area contributed by atoms with Gasteiger partial charge in [-0.15, -0.1) is 0 Å². The highest BCUT2D eigenvalue weighted by Crippen LogP contribution is 2.30. The lowest BCUT2D eigenvalue weighted by Crippen LogP contribution is -2.12. The number of aromatic nitrogens is 2. The van der Waals surface area contributed by atoms with Gasteiger partial charge in [0.25, 0.3) is 0 Å². The van der Waals surface area contributed by atoms with Crippen LogP contribution in [0, 0.1) is 5.82 Å². The van der Waals surface area contributed by atoms with Crippen molar-refractivity contribution in [2.24, 2.45) is 0 Å². The molecule has 0 aliphatic carbocycles. The van der Waals surface area contributed by atoms with Gasteiger partial charge in [0.15, 0.2) is 5.82 Å². The predicted octanol–water partition coefficient (Wildman–Crippen LogP) is 2.59. The topological polar surface area (TPSA) is 45.8 Å². The van der Waals surface area contributed by atoms with Crippen molar-refractivity contribution < 1.29 is 17.6 Å². The van der Waals surface area contributed by atoms with Gasteiger partial charge in [-0.25, -0.2) is 9.18 Å². The number of halogens is 4. The second kappa shape index (κ2) is 4.25. The third-order valence-corrected chi connectivity index (χ3v) is 2.27. The Bertz CT molecular complexity index is 616. The van der Waals surface area contributed by atoms with E-state index in [0.717, 1.165) is 24.3 Å². The molecule has 1 N–H and O–H groups in total. The van der Waals surface area contributed by atoms with Crippen molar-refractivity contribution >= 4 is 0 Å². The Morgan fingerprint density at radius 1 is 1.11 bits per heavy atom. The number of aromatic amines is 1. The number of nitrogens with zero attached hydrogens (tertiary/aromatic N) is 1. The molecule has 1 aromatic heterocycles. The minimum Gasteiger partial charge on any atom is -0.303 e. The van der Waals surface area contributed by atoms with E-state index in [1.165, 1.54) is 0 Å². The first-order valence-electron chi connectivity index (χ1n) is 4.80. The van der Waals surface area contributed by atoms with Gasteiger partial charge in [-0.1, -0.05) is 12.1 Å². The molecule has 0 radical (unpaired) electrons. The fourth-order valence-corrected chi connectivity index (χ4v) is 1.41. The number of hydrogen-bond acceptors (Lipinski definition) is 2. The summed E-state index contributed by atoms with van der Waals surface area (Å²) in [7, 11) is 0. The molecule has 0 atom stereocenters. The molecule has 0 saturated carbocycles. The van der Waals surface area contributed by atoms with Gasteiger partial charge in [-0.3, -0.25) is 0 Å². The fraction of sp³-hybridized carbons (Fsp3) is 0.0909. The molecule has 0 aliphatic rings. The molecule has 18 heavy (non-hydrogen) atoms. The van der Waals surface area contributed by atoms with Crippen molar-refractivity contribution in [2.75, 3.05) is 0 Å². The zero-order chi connectivity index (χ0) is 13.3. The highest BCUT2D eigenvalue weighted by molar-refractivity contribution is 5.59. The zero-order valence-corrected chi connectivity index (χ0v) is 8.75. The second-order valence-corrected chi connectivity index (χ2v) is 3.49. The van der Waals surface area contributed by atoms with Crippen molar-refractivity contribution in [2.45, 2.75) is 6.18 Å². The Balaban J connectivity index is 2.47. The van der Waals surface area contributed by atoms with E-state index in [1.54, 1.807) is 0 Å². The van der Waals surface area contributed by atoms with Crippen LogP contribution in [0.15, 0.2) is 35.3 Å². The van der Waals surface area contributed by atoms with Crippen LogP contribution in [0.25, 0.3) is 11.3 Å².